The Morgan fingerprint density at radius 1 is 1.00 bits per heavy atom. The number of rotatable bonds is 6. The van der Waals surface area contributed by atoms with Gasteiger partial charge in [-0.05, 0) is 30.3 Å². The van der Waals surface area contributed by atoms with Gasteiger partial charge in [0, 0.05) is 42.8 Å². The van der Waals surface area contributed by atoms with Crippen LogP contribution in [0.25, 0.3) is 0 Å². The number of amides is 2. The van der Waals surface area contributed by atoms with Gasteiger partial charge in [-0.15, -0.1) is 0 Å². The van der Waals surface area contributed by atoms with E-state index in [2.05, 4.69) is 25.7 Å². The molecule has 0 bridgehead atoms. The zero-order chi connectivity index (χ0) is 18.2. The average molecular weight is 350 g/mol. The van der Waals surface area contributed by atoms with Gasteiger partial charge in [-0.25, -0.2) is 14.5 Å². The largest absolute Gasteiger partial charge is 0.336 e. The van der Waals surface area contributed by atoms with E-state index in [9.17, 15) is 9.59 Å². The molecular weight excluding hydrogens is 332 g/mol. The van der Waals surface area contributed by atoms with Crippen molar-refractivity contribution < 1.29 is 4.79 Å². The van der Waals surface area contributed by atoms with E-state index in [1.165, 1.54) is 16.9 Å². The Morgan fingerprint density at radius 3 is 2.69 bits per heavy atom. The summed E-state index contributed by atoms with van der Waals surface area (Å²) in [6.07, 6.45) is 3.84. The van der Waals surface area contributed by atoms with Gasteiger partial charge in [0.25, 0.3) is 5.56 Å². The summed E-state index contributed by atoms with van der Waals surface area (Å²) in [7, 11) is 0. The Morgan fingerprint density at radius 2 is 1.88 bits per heavy atom. The molecule has 3 heterocycles. The summed E-state index contributed by atoms with van der Waals surface area (Å²) in [5.41, 5.74) is 1.50. The average Bonchev–Trinajstić information content (AvgIpc) is 2.64. The first-order valence-electron chi connectivity index (χ1n) is 8.13. The Hall–Kier alpha value is -3.55. The van der Waals surface area contributed by atoms with E-state index in [4.69, 9.17) is 0 Å². The molecule has 2 N–H and O–H groups in total. The van der Waals surface area contributed by atoms with E-state index in [-0.39, 0.29) is 12.1 Å². The third kappa shape index (κ3) is 4.97. The molecule has 2 amide bonds. The minimum Gasteiger partial charge on any atom is -0.336 e. The first-order valence-corrected chi connectivity index (χ1v) is 8.13. The Balaban J connectivity index is 1.52. The maximum Gasteiger partial charge on any atom is 0.320 e. The topological polar surface area (TPSA) is 102 Å². The van der Waals surface area contributed by atoms with Gasteiger partial charge in [0.15, 0.2) is 0 Å². The zero-order valence-corrected chi connectivity index (χ0v) is 14.0. The van der Waals surface area contributed by atoms with Crippen molar-refractivity contribution in [3.63, 3.8) is 0 Å². The molecule has 26 heavy (non-hydrogen) atoms. The van der Waals surface area contributed by atoms with Gasteiger partial charge in [-0.2, -0.15) is 5.10 Å². The van der Waals surface area contributed by atoms with Crippen LogP contribution in [0.15, 0.2) is 65.7 Å². The summed E-state index contributed by atoms with van der Waals surface area (Å²) >= 11 is 0. The molecule has 0 atom stereocenters. The van der Waals surface area contributed by atoms with Crippen LogP contribution in [-0.4, -0.2) is 32.3 Å². The van der Waals surface area contributed by atoms with E-state index < -0.39 is 6.03 Å². The van der Waals surface area contributed by atoms with Crippen LogP contribution in [0.5, 0.6) is 0 Å². The summed E-state index contributed by atoms with van der Waals surface area (Å²) in [6.45, 7) is 0.566. The van der Waals surface area contributed by atoms with Crippen LogP contribution in [0, 0.1) is 0 Å². The van der Waals surface area contributed by atoms with E-state index in [0.717, 1.165) is 11.4 Å². The van der Waals surface area contributed by atoms with E-state index in [0.29, 0.717) is 18.8 Å². The third-order valence-electron chi connectivity index (χ3n) is 3.53. The van der Waals surface area contributed by atoms with Gasteiger partial charge >= 0.3 is 6.03 Å². The SMILES string of the molecule is O=C(NCCn1ncccc1=O)Nc1cccc(Cc2ccccn2)n1. The predicted octanol–water partition coefficient (Wildman–Crippen LogP) is 1.45. The Bertz CT molecular complexity index is 926. The fraction of sp³-hybridized carbons (Fsp3) is 0.167. The summed E-state index contributed by atoms with van der Waals surface area (Å²) in [4.78, 5) is 32.2. The lowest BCUT2D eigenvalue weighted by molar-refractivity contribution is 0.251. The van der Waals surface area contributed by atoms with E-state index in [1.54, 1.807) is 18.3 Å². The lowest BCUT2D eigenvalue weighted by atomic mass is 10.2. The second kappa shape index (κ2) is 8.52. The molecule has 0 aromatic carbocycles. The van der Waals surface area contributed by atoms with Crippen LogP contribution < -0.4 is 16.2 Å². The number of nitrogens with one attached hydrogen (secondary N) is 2. The standard InChI is InChI=1S/C18H18N6O2/c25-17-8-4-10-21-24(17)12-11-20-18(26)23-16-7-3-6-15(22-16)13-14-5-1-2-9-19-14/h1-10H,11-13H2,(H2,20,22,23,26). The summed E-state index contributed by atoms with van der Waals surface area (Å²) in [5, 5.41) is 9.28. The summed E-state index contributed by atoms with van der Waals surface area (Å²) < 4.78 is 1.28. The van der Waals surface area contributed by atoms with Crippen molar-refractivity contribution in [1.29, 1.82) is 0 Å². The molecule has 3 rings (SSSR count). The van der Waals surface area contributed by atoms with E-state index >= 15 is 0 Å². The Kier molecular flexibility index (Phi) is 5.66. The number of aromatic nitrogens is 4. The normalized spacial score (nSPS) is 10.3. The lowest BCUT2D eigenvalue weighted by Gasteiger charge is -2.09. The highest BCUT2D eigenvalue weighted by molar-refractivity contribution is 5.88. The van der Waals surface area contributed by atoms with Crippen molar-refractivity contribution in [2.75, 3.05) is 11.9 Å². The molecule has 0 unspecified atom stereocenters. The van der Waals surface area contributed by atoms with Crippen molar-refractivity contribution >= 4 is 11.8 Å². The fourth-order valence-corrected chi connectivity index (χ4v) is 2.33. The van der Waals surface area contributed by atoms with Crippen LogP contribution in [0.1, 0.15) is 11.4 Å². The Labute approximate surface area is 149 Å². The maximum atomic E-state index is 12.0. The minimum atomic E-state index is -0.392. The molecule has 0 aliphatic rings. The highest BCUT2D eigenvalue weighted by Crippen LogP contribution is 2.08. The van der Waals surface area contributed by atoms with Crippen LogP contribution in [0.2, 0.25) is 0 Å². The first-order chi connectivity index (χ1) is 12.7. The van der Waals surface area contributed by atoms with Crippen LogP contribution in [-0.2, 0) is 13.0 Å². The molecule has 8 nitrogen and oxygen atoms in total. The predicted molar refractivity (Wildman–Crippen MR) is 96.8 cm³/mol. The van der Waals surface area contributed by atoms with Gasteiger partial charge in [0.05, 0.1) is 6.54 Å². The molecule has 3 aromatic heterocycles. The monoisotopic (exact) mass is 350 g/mol. The number of hydrogen-bond acceptors (Lipinski definition) is 5. The van der Waals surface area contributed by atoms with Crippen molar-refractivity contribution in [1.82, 2.24) is 25.1 Å². The number of anilines is 1. The number of carbonyl (C=O) groups excluding carboxylic acids is 1. The van der Waals surface area contributed by atoms with Crippen molar-refractivity contribution in [3.05, 3.63) is 82.7 Å². The molecule has 0 fully saturated rings. The van der Waals surface area contributed by atoms with Crippen LogP contribution >= 0.6 is 0 Å². The van der Waals surface area contributed by atoms with Gasteiger partial charge < -0.3 is 5.32 Å². The maximum absolute atomic E-state index is 12.0. The second-order valence-corrected chi connectivity index (χ2v) is 5.48. The second-order valence-electron chi connectivity index (χ2n) is 5.48. The molecule has 0 radical (unpaired) electrons. The third-order valence-corrected chi connectivity index (χ3v) is 3.53. The number of urea groups is 1. The van der Waals surface area contributed by atoms with Crippen molar-refractivity contribution in [3.8, 4) is 0 Å². The first kappa shape index (κ1) is 17.3. The smallest absolute Gasteiger partial charge is 0.320 e. The van der Waals surface area contributed by atoms with Gasteiger partial charge in [-0.1, -0.05) is 12.1 Å². The molecular formula is C18H18N6O2. The number of nitrogens with zero attached hydrogens (tertiary/aromatic N) is 4. The molecule has 0 aliphatic carbocycles. The van der Waals surface area contributed by atoms with Gasteiger partial charge in [0.2, 0.25) is 0 Å². The number of hydrogen-bond donors (Lipinski definition) is 2. The number of pyridine rings is 2. The van der Waals surface area contributed by atoms with Gasteiger partial charge in [-0.3, -0.25) is 15.1 Å². The molecule has 3 aromatic rings. The molecule has 0 aliphatic heterocycles. The van der Waals surface area contributed by atoms with Crippen LogP contribution in [0.3, 0.4) is 0 Å². The molecule has 0 saturated heterocycles. The van der Waals surface area contributed by atoms with Crippen molar-refractivity contribution in [2.45, 2.75) is 13.0 Å². The molecule has 0 spiro atoms. The highest BCUT2D eigenvalue weighted by Gasteiger charge is 2.05. The fourth-order valence-electron chi connectivity index (χ4n) is 2.33. The quantitative estimate of drug-likeness (QED) is 0.700. The number of carbonyl (C=O) groups is 1. The van der Waals surface area contributed by atoms with Crippen LogP contribution in [0.4, 0.5) is 10.6 Å². The molecule has 8 heteroatoms. The summed E-state index contributed by atoms with van der Waals surface area (Å²) in [6, 6.07) is 13.7. The summed E-state index contributed by atoms with van der Waals surface area (Å²) in [5.74, 6) is 0.450. The van der Waals surface area contributed by atoms with Crippen molar-refractivity contribution in [2.24, 2.45) is 0 Å². The van der Waals surface area contributed by atoms with E-state index in [1.807, 2.05) is 30.3 Å². The zero-order valence-electron chi connectivity index (χ0n) is 14.0. The highest BCUT2D eigenvalue weighted by atomic mass is 16.2. The lowest BCUT2D eigenvalue weighted by Crippen LogP contribution is -2.34. The molecule has 0 saturated carbocycles. The minimum absolute atomic E-state index is 0.210. The van der Waals surface area contributed by atoms with Gasteiger partial charge in [0.1, 0.15) is 5.82 Å². The molecule has 132 valence electrons.